The molecule has 3 fully saturated rings. The summed E-state index contributed by atoms with van der Waals surface area (Å²) in [6.07, 6.45) is 5.54. The number of nitrogens with one attached hydrogen (secondary N) is 2. The van der Waals surface area contributed by atoms with Crippen LogP contribution in [0.25, 0.3) is 0 Å². The van der Waals surface area contributed by atoms with E-state index in [1.165, 1.54) is 19.0 Å². The Hall–Kier alpha value is -2.96. The number of nitrogens with zero attached hydrogens (tertiary/aromatic N) is 5. The van der Waals surface area contributed by atoms with Gasteiger partial charge in [-0.15, -0.1) is 0 Å². The van der Waals surface area contributed by atoms with Crippen LogP contribution in [0.4, 0.5) is 27.5 Å². The minimum atomic E-state index is -0.461. The van der Waals surface area contributed by atoms with Crippen molar-refractivity contribution in [2.75, 3.05) is 48.4 Å². The second-order valence-electron chi connectivity index (χ2n) is 10.0. The molecular weight excluding hydrogens is 433 g/mol. The third-order valence-corrected chi connectivity index (χ3v) is 7.27. The van der Waals surface area contributed by atoms with Crippen LogP contribution >= 0.6 is 0 Å². The fourth-order valence-electron chi connectivity index (χ4n) is 5.75. The average molecular weight is 466 g/mol. The number of halogens is 1. The van der Waals surface area contributed by atoms with Crippen LogP contribution in [0.15, 0.2) is 24.4 Å². The van der Waals surface area contributed by atoms with E-state index in [1.807, 2.05) is 12.1 Å². The fraction of sp³-hybridized carbons (Fsp3) is 0.560. The summed E-state index contributed by atoms with van der Waals surface area (Å²) in [5.74, 6) is 0.0530. The lowest BCUT2D eigenvalue weighted by Crippen LogP contribution is -2.55. The Balaban J connectivity index is 1.31. The number of hydrogen-bond donors (Lipinski definition) is 2. The van der Waals surface area contributed by atoms with Crippen molar-refractivity contribution in [1.29, 1.82) is 5.26 Å². The van der Waals surface area contributed by atoms with Gasteiger partial charge in [0.15, 0.2) is 11.6 Å². The highest BCUT2D eigenvalue weighted by molar-refractivity contribution is 5.68. The van der Waals surface area contributed by atoms with E-state index in [4.69, 9.17) is 4.74 Å². The van der Waals surface area contributed by atoms with Crippen molar-refractivity contribution in [1.82, 2.24) is 14.9 Å². The second kappa shape index (κ2) is 9.35. The molecule has 0 radical (unpaired) electrons. The topological polar surface area (TPSA) is 89.3 Å². The molecule has 2 atom stereocenters. The van der Waals surface area contributed by atoms with Gasteiger partial charge in [0.2, 0.25) is 5.95 Å². The highest BCUT2D eigenvalue weighted by Crippen LogP contribution is 2.38. The van der Waals surface area contributed by atoms with Crippen LogP contribution in [0.5, 0.6) is 0 Å². The number of nitriles is 1. The molecule has 3 saturated heterocycles. The number of fused-ring (bicyclic) bond motifs is 1. The molecule has 2 N–H and O–H groups in total. The summed E-state index contributed by atoms with van der Waals surface area (Å²) in [6.45, 7) is 8.52. The lowest BCUT2D eigenvalue weighted by atomic mass is 9.84. The number of anilines is 4. The molecule has 0 saturated carbocycles. The third kappa shape index (κ3) is 4.65. The predicted molar refractivity (Wildman–Crippen MR) is 130 cm³/mol. The normalized spacial score (nSPS) is 24.4. The van der Waals surface area contributed by atoms with Gasteiger partial charge in [-0.05, 0) is 64.3 Å². The molecule has 3 aliphatic heterocycles. The van der Waals surface area contributed by atoms with Gasteiger partial charge in [-0.25, -0.2) is 9.37 Å². The average Bonchev–Trinajstić information content (AvgIpc) is 3.31. The molecule has 1 unspecified atom stereocenters. The number of aromatic nitrogens is 2. The fourth-order valence-corrected chi connectivity index (χ4v) is 5.75. The van der Waals surface area contributed by atoms with E-state index in [0.29, 0.717) is 36.5 Å². The molecule has 0 amide bonds. The van der Waals surface area contributed by atoms with Crippen LogP contribution in [0.2, 0.25) is 0 Å². The molecule has 0 aliphatic carbocycles. The molecule has 4 heterocycles. The molecule has 0 spiro atoms. The summed E-state index contributed by atoms with van der Waals surface area (Å²) < 4.78 is 20.0. The summed E-state index contributed by atoms with van der Waals surface area (Å²) in [5.41, 5.74) is 2.22. The van der Waals surface area contributed by atoms with E-state index in [-0.39, 0.29) is 17.4 Å². The van der Waals surface area contributed by atoms with Crippen molar-refractivity contribution >= 4 is 23.1 Å². The van der Waals surface area contributed by atoms with E-state index in [9.17, 15) is 9.65 Å². The Kier molecular flexibility index (Phi) is 6.28. The van der Waals surface area contributed by atoms with Crippen molar-refractivity contribution in [3.63, 3.8) is 0 Å². The quantitative estimate of drug-likeness (QED) is 0.688. The molecule has 1 aromatic carbocycles. The second-order valence-corrected chi connectivity index (χ2v) is 10.0. The van der Waals surface area contributed by atoms with E-state index in [0.717, 1.165) is 38.2 Å². The maximum absolute atomic E-state index is 14.6. The van der Waals surface area contributed by atoms with Crippen molar-refractivity contribution in [3.8, 4) is 6.07 Å². The van der Waals surface area contributed by atoms with Crippen molar-refractivity contribution in [2.45, 2.75) is 57.2 Å². The first-order valence-corrected chi connectivity index (χ1v) is 12.1. The van der Waals surface area contributed by atoms with Crippen LogP contribution in [0, 0.1) is 17.1 Å². The highest BCUT2D eigenvalue weighted by atomic mass is 19.1. The van der Waals surface area contributed by atoms with Crippen LogP contribution < -0.4 is 15.5 Å². The Morgan fingerprint density at radius 3 is 2.85 bits per heavy atom. The molecule has 1 aromatic heterocycles. The molecule has 0 bridgehead atoms. The monoisotopic (exact) mass is 465 g/mol. The van der Waals surface area contributed by atoms with Crippen LogP contribution in [0.1, 0.15) is 45.1 Å². The zero-order chi connectivity index (χ0) is 23.7. The van der Waals surface area contributed by atoms with Gasteiger partial charge in [-0.1, -0.05) is 0 Å². The summed E-state index contributed by atoms with van der Waals surface area (Å²) in [5, 5.41) is 16.2. The van der Waals surface area contributed by atoms with E-state index >= 15 is 0 Å². The number of ether oxygens (including phenoxy) is 1. The van der Waals surface area contributed by atoms with E-state index in [1.54, 1.807) is 6.07 Å². The molecule has 34 heavy (non-hydrogen) atoms. The number of benzene rings is 1. The van der Waals surface area contributed by atoms with Crippen LogP contribution in [0.3, 0.4) is 0 Å². The maximum Gasteiger partial charge on any atom is 0.229 e. The molecular formula is C25H32FN7O. The first kappa shape index (κ1) is 22.8. The zero-order valence-corrected chi connectivity index (χ0v) is 19.9. The number of rotatable bonds is 5. The van der Waals surface area contributed by atoms with Gasteiger partial charge in [-0.3, -0.25) is 4.90 Å². The predicted octanol–water partition coefficient (Wildman–Crippen LogP) is 3.88. The number of piperidine rings is 1. The number of hydrogen-bond acceptors (Lipinski definition) is 8. The van der Waals surface area contributed by atoms with Gasteiger partial charge in [0.25, 0.3) is 0 Å². The van der Waals surface area contributed by atoms with Crippen molar-refractivity contribution in [3.05, 3.63) is 35.8 Å². The summed E-state index contributed by atoms with van der Waals surface area (Å²) in [4.78, 5) is 13.3. The molecule has 8 nitrogen and oxygen atoms in total. The van der Waals surface area contributed by atoms with Crippen LogP contribution in [-0.2, 0) is 4.74 Å². The lowest BCUT2D eigenvalue weighted by Gasteiger charge is -2.47. The van der Waals surface area contributed by atoms with Crippen molar-refractivity contribution in [2.24, 2.45) is 0 Å². The minimum absolute atomic E-state index is 0.0809. The van der Waals surface area contributed by atoms with Gasteiger partial charge >= 0.3 is 0 Å². The van der Waals surface area contributed by atoms with E-state index < -0.39 is 5.82 Å². The SMILES string of the molecule is CC1(C)CC(Nc2nc(Nc3ccc(N4CCOCC4)c(C#N)c3)ncc2F)C[C@@H]2CCCN21. The number of morpholine rings is 1. The Morgan fingerprint density at radius 2 is 2.06 bits per heavy atom. The summed E-state index contributed by atoms with van der Waals surface area (Å²) in [7, 11) is 0. The van der Waals surface area contributed by atoms with Crippen LogP contribution in [-0.4, -0.2) is 65.3 Å². The Bertz CT molecular complexity index is 1080. The molecule has 180 valence electrons. The van der Waals surface area contributed by atoms with E-state index in [2.05, 4.69) is 50.3 Å². The molecule has 5 rings (SSSR count). The van der Waals surface area contributed by atoms with Gasteiger partial charge < -0.3 is 20.3 Å². The highest BCUT2D eigenvalue weighted by Gasteiger charge is 2.43. The first-order valence-electron chi connectivity index (χ1n) is 12.1. The smallest absolute Gasteiger partial charge is 0.229 e. The zero-order valence-electron chi connectivity index (χ0n) is 19.9. The third-order valence-electron chi connectivity index (χ3n) is 7.27. The summed E-state index contributed by atoms with van der Waals surface area (Å²) in [6, 6.07) is 8.57. The Morgan fingerprint density at radius 1 is 1.24 bits per heavy atom. The molecule has 9 heteroatoms. The molecule has 2 aromatic rings. The van der Waals surface area contributed by atoms with Gasteiger partial charge in [0, 0.05) is 36.4 Å². The van der Waals surface area contributed by atoms with Gasteiger partial charge in [0.05, 0.1) is 30.7 Å². The van der Waals surface area contributed by atoms with Crippen molar-refractivity contribution < 1.29 is 9.13 Å². The largest absolute Gasteiger partial charge is 0.378 e. The Labute approximate surface area is 200 Å². The van der Waals surface area contributed by atoms with Gasteiger partial charge in [0.1, 0.15) is 6.07 Å². The standard InChI is InChI=1S/C25H32FN7O/c1-25(2)14-19(13-20-4-3-7-33(20)25)29-23-21(26)16-28-24(31-23)30-18-5-6-22(17(12-18)15-27)32-8-10-34-11-9-32/h5-6,12,16,19-20H,3-4,7-11,13-14H2,1-2H3,(H2,28,29,30,31)/t19?,20-/m0/s1. The summed E-state index contributed by atoms with van der Waals surface area (Å²) >= 11 is 0. The van der Waals surface area contributed by atoms with Gasteiger partial charge in [-0.2, -0.15) is 10.2 Å². The first-order chi connectivity index (χ1) is 16.4. The lowest BCUT2D eigenvalue weighted by molar-refractivity contribution is 0.0500. The minimum Gasteiger partial charge on any atom is -0.378 e. The molecule has 3 aliphatic rings. The maximum atomic E-state index is 14.6.